The average Bonchev–Trinajstić information content (AvgIpc) is 3.44. The lowest BCUT2D eigenvalue weighted by atomic mass is 9.96. The van der Waals surface area contributed by atoms with E-state index in [1.54, 1.807) is 20.8 Å². The van der Waals surface area contributed by atoms with Crippen molar-refractivity contribution >= 4 is 17.8 Å². The first-order valence-corrected chi connectivity index (χ1v) is 9.73. The number of H-pyrrole nitrogens is 1. The number of amides is 1. The molecule has 1 aliphatic rings. The Labute approximate surface area is 169 Å². The summed E-state index contributed by atoms with van der Waals surface area (Å²) in [6.07, 6.45) is 2.04. The first-order valence-electron chi connectivity index (χ1n) is 9.73. The minimum absolute atomic E-state index is 0.0113. The van der Waals surface area contributed by atoms with Crippen molar-refractivity contribution in [2.75, 3.05) is 19.8 Å². The topological polar surface area (TPSA) is 97.5 Å². The van der Waals surface area contributed by atoms with E-state index in [0.717, 1.165) is 12.8 Å². The number of carbonyl (C=O) groups is 3. The van der Waals surface area contributed by atoms with E-state index in [-0.39, 0.29) is 30.2 Å². The highest BCUT2D eigenvalue weighted by Gasteiger charge is 2.44. The number of benzene rings is 1. The SMILES string of the molecule is CCOC(=O)c1c(C)[nH]c(C(=O)OCC(=O)NCC2(c3ccccc3)CC2)c1C. The Balaban J connectivity index is 1.54. The maximum Gasteiger partial charge on any atom is 0.355 e. The zero-order valence-electron chi connectivity index (χ0n) is 17.0. The van der Waals surface area contributed by atoms with Crippen molar-refractivity contribution in [2.45, 2.75) is 39.0 Å². The number of esters is 2. The molecular weight excluding hydrogens is 372 g/mol. The fourth-order valence-corrected chi connectivity index (χ4v) is 3.50. The molecule has 1 aromatic carbocycles. The molecule has 1 amide bonds. The number of hydrogen-bond acceptors (Lipinski definition) is 5. The Morgan fingerprint density at radius 3 is 2.38 bits per heavy atom. The second kappa shape index (κ2) is 8.51. The van der Waals surface area contributed by atoms with E-state index in [0.29, 0.717) is 23.4 Å². The van der Waals surface area contributed by atoms with Gasteiger partial charge in [0.15, 0.2) is 6.61 Å². The van der Waals surface area contributed by atoms with Gasteiger partial charge in [0.05, 0.1) is 12.2 Å². The van der Waals surface area contributed by atoms with Crippen LogP contribution in [0.2, 0.25) is 0 Å². The first kappa shape index (κ1) is 20.6. The molecule has 0 spiro atoms. The molecular formula is C22H26N2O5. The molecule has 0 bridgehead atoms. The normalized spacial score (nSPS) is 14.2. The molecule has 154 valence electrons. The lowest BCUT2D eigenvalue weighted by Gasteiger charge is -2.16. The highest BCUT2D eigenvalue weighted by atomic mass is 16.5. The largest absolute Gasteiger partial charge is 0.462 e. The molecule has 2 N–H and O–H groups in total. The molecule has 0 aliphatic heterocycles. The third-order valence-electron chi connectivity index (χ3n) is 5.32. The third kappa shape index (κ3) is 4.50. The van der Waals surface area contributed by atoms with Crippen LogP contribution in [-0.4, -0.2) is 42.6 Å². The van der Waals surface area contributed by atoms with Gasteiger partial charge in [-0.25, -0.2) is 9.59 Å². The van der Waals surface area contributed by atoms with Crippen LogP contribution in [0.3, 0.4) is 0 Å². The van der Waals surface area contributed by atoms with Crippen molar-refractivity contribution < 1.29 is 23.9 Å². The molecule has 0 atom stereocenters. The molecule has 0 saturated heterocycles. The summed E-state index contributed by atoms with van der Waals surface area (Å²) in [5, 5.41) is 2.86. The predicted molar refractivity (Wildman–Crippen MR) is 107 cm³/mol. The van der Waals surface area contributed by atoms with Crippen LogP contribution < -0.4 is 5.32 Å². The minimum Gasteiger partial charge on any atom is -0.462 e. The fourth-order valence-electron chi connectivity index (χ4n) is 3.50. The van der Waals surface area contributed by atoms with Crippen molar-refractivity contribution in [3.63, 3.8) is 0 Å². The smallest absolute Gasteiger partial charge is 0.355 e. The Kier molecular flexibility index (Phi) is 6.06. The van der Waals surface area contributed by atoms with E-state index >= 15 is 0 Å². The van der Waals surface area contributed by atoms with Crippen LogP contribution in [0.5, 0.6) is 0 Å². The van der Waals surface area contributed by atoms with Crippen molar-refractivity contribution in [2.24, 2.45) is 0 Å². The van der Waals surface area contributed by atoms with Crippen molar-refractivity contribution in [3.8, 4) is 0 Å². The second-order valence-corrected chi connectivity index (χ2v) is 7.34. The van der Waals surface area contributed by atoms with Crippen LogP contribution in [0.4, 0.5) is 0 Å². The lowest BCUT2D eigenvalue weighted by molar-refractivity contribution is -0.124. The van der Waals surface area contributed by atoms with E-state index in [4.69, 9.17) is 9.47 Å². The molecule has 1 aliphatic carbocycles. The summed E-state index contributed by atoms with van der Waals surface area (Å²) >= 11 is 0. The van der Waals surface area contributed by atoms with Gasteiger partial charge in [0.25, 0.3) is 5.91 Å². The predicted octanol–water partition coefficient (Wildman–Crippen LogP) is 2.81. The van der Waals surface area contributed by atoms with Gasteiger partial charge in [0.1, 0.15) is 5.69 Å². The minimum atomic E-state index is -0.680. The summed E-state index contributed by atoms with van der Waals surface area (Å²) in [6, 6.07) is 10.1. The highest BCUT2D eigenvalue weighted by Crippen LogP contribution is 2.47. The highest BCUT2D eigenvalue weighted by molar-refractivity contribution is 5.99. The quantitative estimate of drug-likeness (QED) is 0.667. The van der Waals surface area contributed by atoms with Gasteiger partial charge < -0.3 is 19.8 Å². The number of carbonyl (C=O) groups excluding carboxylic acids is 3. The van der Waals surface area contributed by atoms with E-state index in [9.17, 15) is 14.4 Å². The number of hydrogen-bond donors (Lipinski definition) is 2. The first-order chi connectivity index (χ1) is 13.9. The summed E-state index contributed by atoms with van der Waals surface area (Å²) in [7, 11) is 0. The van der Waals surface area contributed by atoms with Crippen molar-refractivity contribution in [1.82, 2.24) is 10.3 Å². The molecule has 29 heavy (non-hydrogen) atoms. The molecule has 1 saturated carbocycles. The number of rotatable bonds is 8. The van der Waals surface area contributed by atoms with Crippen LogP contribution >= 0.6 is 0 Å². The van der Waals surface area contributed by atoms with E-state index in [1.807, 2.05) is 18.2 Å². The molecule has 1 heterocycles. The molecule has 7 nitrogen and oxygen atoms in total. The summed E-state index contributed by atoms with van der Waals surface area (Å²) in [5.74, 6) is -1.53. The summed E-state index contributed by atoms with van der Waals surface area (Å²) < 4.78 is 10.1. The average molecular weight is 398 g/mol. The van der Waals surface area contributed by atoms with Crippen LogP contribution in [0.15, 0.2) is 30.3 Å². The van der Waals surface area contributed by atoms with Gasteiger partial charge in [-0.05, 0) is 44.7 Å². The summed E-state index contributed by atoms with van der Waals surface area (Å²) in [5.41, 5.74) is 2.65. The zero-order chi connectivity index (χ0) is 21.0. The molecule has 2 aromatic rings. The van der Waals surface area contributed by atoms with Crippen LogP contribution in [0.25, 0.3) is 0 Å². The van der Waals surface area contributed by atoms with Gasteiger partial charge in [0, 0.05) is 17.7 Å². The number of aryl methyl sites for hydroxylation is 1. The van der Waals surface area contributed by atoms with Crippen molar-refractivity contribution in [1.29, 1.82) is 0 Å². The second-order valence-electron chi connectivity index (χ2n) is 7.34. The number of aromatic nitrogens is 1. The van der Waals surface area contributed by atoms with Crippen LogP contribution in [0.1, 0.15) is 57.4 Å². The Morgan fingerprint density at radius 2 is 1.76 bits per heavy atom. The fraction of sp³-hybridized carbons (Fsp3) is 0.409. The number of nitrogens with one attached hydrogen (secondary N) is 2. The number of aromatic amines is 1. The third-order valence-corrected chi connectivity index (χ3v) is 5.32. The van der Waals surface area contributed by atoms with E-state index in [2.05, 4.69) is 22.4 Å². The molecule has 7 heteroatoms. The Morgan fingerprint density at radius 1 is 1.07 bits per heavy atom. The maximum absolute atomic E-state index is 12.4. The van der Waals surface area contributed by atoms with E-state index < -0.39 is 11.9 Å². The molecule has 3 rings (SSSR count). The standard InChI is InChI=1S/C22H26N2O5/c1-4-28-20(26)18-14(2)19(24-15(18)3)21(27)29-12-17(25)23-13-22(10-11-22)16-8-6-5-7-9-16/h5-9,24H,4,10-13H2,1-3H3,(H,23,25). The van der Waals surface area contributed by atoms with Gasteiger partial charge >= 0.3 is 11.9 Å². The van der Waals surface area contributed by atoms with Gasteiger partial charge in [-0.1, -0.05) is 30.3 Å². The zero-order valence-corrected chi connectivity index (χ0v) is 17.0. The van der Waals surface area contributed by atoms with Crippen molar-refractivity contribution in [3.05, 3.63) is 58.4 Å². The van der Waals surface area contributed by atoms with Gasteiger partial charge in [-0.15, -0.1) is 0 Å². The van der Waals surface area contributed by atoms with Gasteiger partial charge in [0.2, 0.25) is 0 Å². The summed E-state index contributed by atoms with van der Waals surface area (Å²) in [6.45, 7) is 5.42. The van der Waals surface area contributed by atoms with Gasteiger partial charge in [-0.2, -0.15) is 0 Å². The monoisotopic (exact) mass is 398 g/mol. The molecule has 0 radical (unpaired) electrons. The molecule has 1 aromatic heterocycles. The Bertz CT molecular complexity index is 913. The Hall–Kier alpha value is -3.09. The molecule has 0 unspecified atom stereocenters. The number of ether oxygens (including phenoxy) is 2. The van der Waals surface area contributed by atoms with Gasteiger partial charge in [-0.3, -0.25) is 4.79 Å². The van der Waals surface area contributed by atoms with Crippen LogP contribution in [0, 0.1) is 13.8 Å². The van der Waals surface area contributed by atoms with Crippen LogP contribution in [-0.2, 0) is 19.7 Å². The maximum atomic E-state index is 12.4. The lowest BCUT2D eigenvalue weighted by Crippen LogP contribution is -2.35. The van der Waals surface area contributed by atoms with E-state index in [1.165, 1.54) is 5.56 Å². The molecule has 1 fully saturated rings. The summed E-state index contributed by atoms with van der Waals surface area (Å²) in [4.78, 5) is 39.4.